The van der Waals surface area contributed by atoms with Gasteiger partial charge in [0.25, 0.3) is 0 Å². The number of nitrogens with zero attached hydrogens (tertiary/aromatic N) is 2. The van der Waals surface area contributed by atoms with Crippen LogP contribution in [0.1, 0.15) is 12.5 Å². The first-order valence-electron chi connectivity index (χ1n) is 8.69. The molecular formula is C20H16N4O3S2. The summed E-state index contributed by atoms with van der Waals surface area (Å²) in [5.41, 5.74) is 2.36. The maximum atomic E-state index is 12.0. The number of hydrogen-bond donors (Lipinski definition) is 2. The molecule has 2 heterocycles. The van der Waals surface area contributed by atoms with Gasteiger partial charge in [-0.2, -0.15) is 0 Å². The lowest BCUT2D eigenvalue weighted by molar-refractivity contribution is -0.114. The number of fused-ring (bicyclic) bond motifs is 1. The normalized spacial score (nSPS) is 10.8. The van der Waals surface area contributed by atoms with E-state index in [0.29, 0.717) is 22.2 Å². The van der Waals surface area contributed by atoms with E-state index in [0.717, 1.165) is 21.0 Å². The van der Waals surface area contributed by atoms with E-state index in [-0.39, 0.29) is 5.91 Å². The Labute approximate surface area is 174 Å². The molecule has 146 valence electrons. The van der Waals surface area contributed by atoms with Gasteiger partial charge in [0.05, 0.1) is 0 Å². The quantitative estimate of drug-likeness (QED) is 0.344. The van der Waals surface area contributed by atoms with Gasteiger partial charge < -0.3 is 15.1 Å². The zero-order valence-corrected chi connectivity index (χ0v) is 17.0. The smallest absolute Gasteiger partial charge is 0.336 e. The highest BCUT2D eigenvalue weighted by Gasteiger charge is 2.10. The SMILES string of the molecule is CC(=O)Nc1ccc2c(CSc3nnc(Nc4ccccc4)s3)cc(=O)oc2c1. The van der Waals surface area contributed by atoms with Crippen LogP contribution in [0.5, 0.6) is 0 Å². The fourth-order valence-corrected chi connectivity index (χ4v) is 4.50. The van der Waals surface area contributed by atoms with E-state index in [1.165, 1.54) is 36.1 Å². The summed E-state index contributed by atoms with van der Waals surface area (Å²) in [6.07, 6.45) is 0. The monoisotopic (exact) mass is 424 g/mol. The van der Waals surface area contributed by atoms with Crippen molar-refractivity contribution in [3.8, 4) is 0 Å². The van der Waals surface area contributed by atoms with Gasteiger partial charge in [0, 0.05) is 41.6 Å². The van der Waals surface area contributed by atoms with Gasteiger partial charge in [-0.15, -0.1) is 10.2 Å². The molecular weight excluding hydrogens is 408 g/mol. The van der Waals surface area contributed by atoms with E-state index in [2.05, 4.69) is 20.8 Å². The number of benzene rings is 2. The minimum Gasteiger partial charge on any atom is -0.423 e. The molecule has 0 atom stereocenters. The predicted molar refractivity (Wildman–Crippen MR) is 116 cm³/mol. The van der Waals surface area contributed by atoms with Crippen molar-refractivity contribution in [2.24, 2.45) is 0 Å². The van der Waals surface area contributed by atoms with Gasteiger partial charge in [-0.1, -0.05) is 41.3 Å². The van der Waals surface area contributed by atoms with Crippen LogP contribution in [0.3, 0.4) is 0 Å². The van der Waals surface area contributed by atoms with Crippen molar-refractivity contribution in [2.45, 2.75) is 17.0 Å². The summed E-state index contributed by atoms with van der Waals surface area (Å²) < 4.78 is 6.09. The van der Waals surface area contributed by atoms with Crippen molar-refractivity contribution in [1.82, 2.24) is 10.2 Å². The fourth-order valence-electron chi connectivity index (χ4n) is 2.73. The topological polar surface area (TPSA) is 97.1 Å². The van der Waals surface area contributed by atoms with Crippen LogP contribution in [-0.4, -0.2) is 16.1 Å². The van der Waals surface area contributed by atoms with Crippen molar-refractivity contribution < 1.29 is 9.21 Å². The van der Waals surface area contributed by atoms with Gasteiger partial charge in [-0.3, -0.25) is 4.79 Å². The molecule has 0 saturated heterocycles. The van der Waals surface area contributed by atoms with E-state index in [1.54, 1.807) is 12.1 Å². The molecule has 7 nitrogen and oxygen atoms in total. The summed E-state index contributed by atoms with van der Waals surface area (Å²) in [5, 5.41) is 15.8. The van der Waals surface area contributed by atoms with Gasteiger partial charge >= 0.3 is 5.63 Å². The Morgan fingerprint density at radius 1 is 1.10 bits per heavy atom. The molecule has 0 radical (unpaired) electrons. The standard InChI is InChI=1S/C20H16N4O3S2/c1-12(25)21-15-7-8-16-13(9-18(26)27-17(16)10-15)11-28-20-24-23-19(29-20)22-14-5-3-2-4-6-14/h2-10H,11H2,1H3,(H,21,25)(H,22,23). The van der Waals surface area contributed by atoms with Gasteiger partial charge in [-0.25, -0.2) is 4.79 Å². The Hall–Kier alpha value is -3.17. The third kappa shape index (κ3) is 4.82. The summed E-state index contributed by atoms with van der Waals surface area (Å²) in [5.74, 6) is 0.358. The minimum absolute atomic E-state index is 0.186. The maximum Gasteiger partial charge on any atom is 0.336 e. The Morgan fingerprint density at radius 2 is 1.93 bits per heavy atom. The highest BCUT2D eigenvalue weighted by Crippen LogP contribution is 2.32. The predicted octanol–water partition coefficient (Wildman–Crippen LogP) is 4.64. The first kappa shape index (κ1) is 19.2. The number of hydrogen-bond acceptors (Lipinski definition) is 8. The maximum absolute atomic E-state index is 12.0. The average molecular weight is 425 g/mol. The lowest BCUT2D eigenvalue weighted by atomic mass is 10.1. The minimum atomic E-state index is -0.434. The van der Waals surface area contributed by atoms with E-state index in [1.807, 2.05) is 36.4 Å². The highest BCUT2D eigenvalue weighted by atomic mass is 32.2. The second-order valence-corrected chi connectivity index (χ2v) is 8.34. The molecule has 4 rings (SSSR count). The number of nitrogens with one attached hydrogen (secondary N) is 2. The summed E-state index contributed by atoms with van der Waals surface area (Å²) in [7, 11) is 0. The molecule has 2 aromatic carbocycles. The molecule has 2 N–H and O–H groups in total. The Balaban J connectivity index is 1.51. The van der Waals surface area contributed by atoms with Crippen LogP contribution >= 0.6 is 23.1 Å². The number of rotatable bonds is 6. The second-order valence-electron chi connectivity index (χ2n) is 6.14. The van der Waals surface area contributed by atoms with Crippen molar-refractivity contribution in [3.05, 3.63) is 70.6 Å². The number of anilines is 3. The van der Waals surface area contributed by atoms with Gasteiger partial charge in [0.2, 0.25) is 11.0 Å². The molecule has 0 unspecified atom stereocenters. The molecule has 0 spiro atoms. The molecule has 9 heteroatoms. The largest absolute Gasteiger partial charge is 0.423 e. The third-order valence-corrected chi connectivity index (χ3v) is 5.95. The van der Waals surface area contributed by atoms with E-state index >= 15 is 0 Å². The van der Waals surface area contributed by atoms with E-state index in [9.17, 15) is 9.59 Å². The van der Waals surface area contributed by atoms with Crippen LogP contribution in [0.4, 0.5) is 16.5 Å². The third-order valence-electron chi connectivity index (χ3n) is 3.93. The number of aromatic nitrogens is 2. The summed E-state index contributed by atoms with van der Waals surface area (Å²) in [6, 6.07) is 16.5. The first-order valence-corrected chi connectivity index (χ1v) is 10.5. The number of thioether (sulfide) groups is 1. The zero-order valence-electron chi connectivity index (χ0n) is 15.3. The van der Waals surface area contributed by atoms with Crippen LogP contribution in [0.15, 0.2) is 68.1 Å². The number of amides is 1. The summed E-state index contributed by atoms with van der Waals surface area (Å²) in [6.45, 7) is 1.43. The Kier molecular flexibility index (Phi) is 5.59. The van der Waals surface area contributed by atoms with E-state index < -0.39 is 5.63 Å². The van der Waals surface area contributed by atoms with Crippen molar-refractivity contribution in [3.63, 3.8) is 0 Å². The van der Waals surface area contributed by atoms with E-state index in [4.69, 9.17) is 4.42 Å². The molecule has 29 heavy (non-hydrogen) atoms. The van der Waals surface area contributed by atoms with Gasteiger partial charge in [0.15, 0.2) is 4.34 Å². The second kappa shape index (κ2) is 8.46. The molecule has 2 aromatic heterocycles. The molecule has 1 amide bonds. The van der Waals surface area contributed by atoms with Crippen LogP contribution in [0.2, 0.25) is 0 Å². The number of para-hydroxylation sites is 1. The number of carbonyl (C=O) groups excluding carboxylic acids is 1. The van der Waals surface area contributed by atoms with Crippen molar-refractivity contribution in [2.75, 3.05) is 10.6 Å². The van der Waals surface area contributed by atoms with Crippen LogP contribution in [-0.2, 0) is 10.5 Å². The Bertz CT molecular complexity index is 1220. The zero-order chi connectivity index (χ0) is 20.2. The molecule has 4 aromatic rings. The van der Waals surface area contributed by atoms with Crippen molar-refractivity contribution in [1.29, 1.82) is 0 Å². The highest BCUT2D eigenvalue weighted by molar-refractivity contribution is 8.00. The Morgan fingerprint density at radius 3 is 2.72 bits per heavy atom. The first-order chi connectivity index (χ1) is 14.1. The molecule has 0 saturated carbocycles. The lowest BCUT2D eigenvalue weighted by Crippen LogP contribution is -2.06. The summed E-state index contributed by atoms with van der Waals surface area (Å²) in [4.78, 5) is 23.2. The van der Waals surface area contributed by atoms with Gasteiger partial charge in [-0.05, 0) is 29.8 Å². The molecule has 0 aliphatic carbocycles. The average Bonchev–Trinajstić information content (AvgIpc) is 3.13. The van der Waals surface area contributed by atoms with Crippen LogP contribution < -0.4 is 16.3 Å². The van der Waals surface area contributed by atoms with Gasteiger partial charge in [0.1, 0.15) is 5.58 Å². The van der Waals surface area contributed by atoms with Crippen LogP contribution in [0.25, 0.3) is 11.0 Å². The number of carbonyl (C=O) groups is 1. The van der Waals surface area contributed by atoms with Crippen LogP contribution in [0, 0.1) is 0 Å². The van der Waals surface area contributed by atoms with Crippen molar-refractivity contribution >= 4 is 56.5 Å². The fraction of sp³-hybridized carbons (Fsp3) is 0.100. The summed E-state index contributed by atoms with van der Waals surface area (Å²) >= 11 is 2.94. The molecule has 0 aliphatic rings. The molecule has 0 aliphatic heterocycles. The molecule has 0 bridgehead atoms. The lowest BCUT2D eigenvalue weighted by Gasteiger charge is -2.07. The molecule has 0 fully saturated rings.